The van der Waals surface area contributed by atoms with Gasteiger partial charge in [-0.25, -0.2) is 13.5 Å². The second kappa shape index (κ2) is 7.86. The maximum Gasteiger partial charge on any atom is 0.272 e. The first-order chi connectivity index (χ1) is 14.0. The first kappa shape index (κ1) is 19.4. The number of nitrogens with one attached hydrogen (secondary N) is 2. The molecule has 0 fully saturated rings. The van der Waals surface area contributed by atoms with Gasteiger partial charge in [-0.2, -0.15) is 10.2 Å². The van der Waals surface area contributed by atoms with Gasteiger partial charge in [-0.1, -0.05) is 0 Å². The molecule has 1 aromatic carbocycles. The lowest BCUT2D eigenvalue weighted by Crippen LogP contribution is -2.27. The Labute approximate surface area is 170 Å². The van der Waals surface area contributed by atoms with Crippen molar-refractivity contribution in [2.24, 2.45) is 0 Å². The number of nitrogens with zero attached hydrogens (tertiary/aromatic N) is 4. The molecule has 0 spiro atoms. The number of rotatable bonds is 6. The zero-order valence-corrected chi connectivity index (χ0v) is 16.7. The van der Waals surface area contributed by atoms with Crippen LogP contribution in [-0.4, -0.2) is 37.0 Å². The number of H-pyrrole nitrogens is 1. The van der Waals surface area contributed by atoms with Gasteiger partial charge in [-0.15, -0.1) is 0 Å². The van der Waals surface area contributed by atoms with Crippen LogP contribution in [0.5, 0.6) is 0 Å². The van der Waals surface area contributed by atoms with Gasteiger partial charge < -0.3 is 9.88 Å². The molecule has 2 aromatic heterocycles. The zero-order valence-electron chi connectivity index (χ0n) is 15.8. The summed E-state index contributed by atoms with van der Waals surface area (Å²) in [6.07, 6.45) is 2.89. The quantitative estimate of drug-likeness (QED) is 0.604. The Morgan fingerprint density at radius 2 is 2.14 bits per heavy atom. The molecule has 0 radical (unpaired) electrons. The number of benzene rings is 1. The standard InChI is InChI=1S/C19H20F2N6OS/c1-2-26-16(23-24-19(26)29)8-9-22-18(28)17-12-4-3-5-15(12)27(25-17)11-6-7-13(20)14(21)10-11/h6-7,10H,2-5,8-9H2,1H3,(H,22,28)(H,24,29). The maximum atomic E-state index is 13.7. The van der Waals surface area contributed by atoms with Crippen molar-refractivity contribution in [1.82, 2.24) is 29.9 Å². The summed E-state index contributed by atoms with van der Waals surface area (Å²) in [5.74, 6) is -1.38. The van der Waals surface area contributed by atoms with E-state index in [0.717, 1.165) is 48.5 Å². The minimum Gasteiger partial charge on any atom is -0.350 e. The molecule has 2 heterocycles. The average molecular weight is 418 g/mol. The lowest BCUT2D eigenvalue weighted by molar-refractivity contribution is 0.0947. The smallest absolute Gasteiger partial charge is 0.272 e. The largest absolute Gasteiger partial charge is 0.350 e. The Morgan fingerprint density at radius 1 is 1.31 bits per heavy atom. The molecule has 0 bridgehead atoms. The van der Waals surface area contributed by atoms with Crippen molar-refractivity contribution in [1.29, 1.82) is 0 Å². The molecule has 3 aromatic rings. The van der Waals surface area contributed by atoms with Gasteiger partial charge in [0, 0.05) is 36.8 Å². The van der Waals surface area contributed by atoms with Gasteiger partial charge in [0.25, 0.3) is 5.91 Å². The fourth-order valence-corrected chi connectivity index (χ4v) is 3.97. The molecule has 0 aliphatic heterocycles. The third-order valence-corrected chi connectivity index (χ3v) is 5.39. The zero-order chi connectivity index (χ0) is 20.5. The van der Waals surface area contributed by atoms with Gasteiger partial charge in [-0.3, -0.25) is 9.89 Å². The predicted molar refractivity (Wildman–Crippen MR) is 105 cm³/mol. The Bertz CT molecular complexity index is 1130. The predicted octanol–water partition coefficient (Wildman–Crippen LogP) is 2.89. The summed E-state index contributed by atoms with van der Waals surface area (Å²) in [5.41, 5.74) is 2.47. The van der Waals surface area contributed by atoms with E-state index >= 15 is 0 Å². The van der Waals surface area contributed by atoms with Crippen molar-refractivity contribution in [2.75, 3.05) is 6.54 Å². The summed E-state index contributed by atoms with van der Waals surface area (Å²) in [6.45, 7) is 3.05. The molecule has 4 rings (SSSR count). The highest BCUT2D eigenvalue weighted by molar-refractivity contribution is 7.71. The molecule has 1 aliphatic carbocycles. The first-order valence-corrected chi connectivity index (χ1v) is 9.89. The van der Waals surface area contributed by atoms with Gasteiger partial charge >= 0.3 is 0 Å². The number of amides is 1. The number of carbonyl (C=O) groups is 1. The van der Waals surface area contributed by atoms with E-state index in [4.69, 9.17) is 12.2 Å². The number of hydrogen-bond acceptors (Lipinski definition) is 4. The SMILES string of the molecule is CCn1c(CCNC(=O)c2nn(-c3ccc(F)c(F)c3)c3c2CCC3)n[nH]c1=S. The summed E-state index contributed by atoms with van der Waals surface area (Å²) in [6, 6.07) is 3.61. The summed E-state index contributed by atoms with van der Waals surface area (Å²) in [7, 11) is 0. The van der Waals surface area contributed by atoms with Crippen molar-refractivity contribution in [3.63, 3.8) is 0 Å². The topological polar surface area (TPSA) is 80.5 Å². The van der Waals surface area contributed by atoms with Crippen LogP contribution in [0.25, 0.3) is 5.69 Å². The fraction of sp³-hybridized carbons (Fsp3) is 0.368. The molecule has 1 amide bonds. The van der Waals surface area contributed by atoms with Crippen molar-refractivity contribution < 1.29 is 13.6 Å². The number of halogens is 2. The average Bonchev–Trinajstić information content (AvgIpc) is 3.39. The highest BCUT2D eigenvalue weighted by atomic mass is 32.1. The lowest BCUT2D eigenvalue weighted by Gasteiger charge is -2.06. The maximum absolute atomic E-state index is 13.7. The minimum atomic E-state index is -0.944. The van der Waals surface area contributed by atoms with Crippen LogP contribution in [0.15, 0.2) is 18.2 Å². The molecule has 7 nitrogen and oxygen atoms in total. The number of carbonyl (C=O) groups excluding carboxylic acids is 1. The van der Waals surface area contributed by atoms with Crippen molar-refractivity contribution in [3.8, 4) is 5.69 Å². The summed E-state index contributed by atoms with van der Waals surface area (Å²) >= 11 is 5.17. The van der Waals surface area contributed by atoms with Crippen LogP contribution in [0.1, 0.15) is 40.9 Å². The van der Waals surface area contributed by atoms with E-state index in [1.165, 1.54) is 6.07 Å². The van der Waals surface area contributed by atoms with Crippen LogP contribution >= 0.6 is 12.2 Å². The third-order valence-electron chi connectivity index (χ3n) is 5.08. The number of aromatic amines is 1. The van der Waals surface area contributed by atoms with Crippen molar-refractivity contribution in [3.05, 3.63) is 57.4 Å². The molecule has 152 valence electrons. The summed E-state index contributed by atoms with van der Waals surface area (Å²) in [5, 5.41) is 14.2. The van der Waals surface area contributed by atoms with E-state index in [9.17, 15) is 13.6 Å². The van der Waals surface area contributed by atoms with Gasteiger partial charge in [-0.05, 0) is 50.5 Å². The van der Waals surface area contributed by atoms with Crippen LogP contribution in [0, 0.1) is 16.4 Å². The second-order valence-electron chi connectivity index (χ2n) is 6.83. The summed E-state index contributed by atoms with van der Waals surface area (Å²) in [4.78, 5) is 12.7. The van der Waals surface area contributed by atoms with Crippen LogP contribution < -0.4 is 5.32 Å². The van der Waals surface area contributed by atoms with E-state index in [1.54, 1.807) is 4.68 Å². The Hall–Kier alpha value is -2.88. The molecule has 0 saturated carbocycles. The normalized spacial score (nSPS) is 12.9. The van der Waals surface area contributed by atoms with Gasteiger partial charge in [0.05, 0.1) is 5.69 Å². The highest BCUT2D eigenvalue weighted by Crippen LogP contribution is 2.28. The summed E-state index contributed by atoms with van der Waals surface area (Å²) < 4.78 is 30.9. The molecule has 0 saturated heterocycles. The highest BCUT2D eigenvalue weighted by Gasteiger charge is 2.27. The van der Waals surface area contributed by atoms with Gasteiger partial charge in [0.1, 0.15) is 5.82 Å². The van der Waals surface area contributed by atoms with Gasteiger partial charge in [0.15, 0.2) is 22.1 Å². The fourth-order valence-electron chi connectivity index (χ4n) is 3.69. The Balaban J connectivity index is 1.53. The molecule has 1 aliphatic rings. The molecule has 0 atom stereocenters. The number of aromatic nitrogens is 5. The van der Waals surface area contributed by atoms with E-state index in [2.05, 4.69) is 20.6 Å². The van der Waals surface area contributed by atoms with Crippen LogP contribution in [0.3, 0.4) is 0 Å². The Morgan fingerprint density at radius 3 is 2.90 bits per heavy atom. The monoisotopic (exact) mass is 418 g/mol. The second-order valence-corrected chi connectivity index (χ2v) is 7.22. The molecule has 0 unspecified atom stereocenters. The van der Waals surface area contributed by atoms with Crippen LogP contribution in [0.2, 0.25) is 0 Å². The van der Waals surface area contributed by atoms with E-state index in [1.807, 2.05) is 11.5 Å². The van der Waals surface area contributed by atoms with Crippen molar-refractivity contribution in [2.45, 2.75) is 39.2 Å². The van der Waals surface area contributed by atoms with E-state index in [-0.39, 0.29) is 5.91 Å². The molecule has 2 N–H and O–H groups in total. The van der Waals surface area contributed by atoms with Crippen molar-refractivity contribution >= 4 is 18.1 Å². The molecular formula is C19H20F2N6OS. The third kappa shape index (κ3) is 3.59. The molecule has 29 heavy (non-hydrogen) atoms. The van der Waals surface area contributed by atoms with E-state index < -0.39 is 11.6 Å². The lowest BCUT2D eigenvalue weighted by atomic mass is 10.2. The Kier molecular flexibility index (Phi) is 5.27. The molecule has 10 heteroatoms. The first-order valence-electron chi connectivity index (χ1n) is 9.48. The van der Waals surface area contributed by atoms with E-state index in [0.29, 0.717) is 35.7 Å². The minimum absolute atomic E-state index is 0.290. The van der Waals surface area contributed by atoms with Crippen LogP contribution in [-0.2, 0) is 25.8 Å². The van der Waals surface area contributed by atoms with Crippen LogP contribution in [0.4, 0.5) is 8.78 Å². The number of fused-ring (bicyclic) bond motifs is 1. The van der Waals surface area contributed by atoms with Gasteiger partial charge in [0.2, 0.25) is 0 Å². The number of hydrogen-bond donors (Lipinski definition) is 2. The molecular weight excluding hydrogens is 398 g/mol.